The number of nitrogens with one attached hydrogen (secondary N) is 1. The number of nitrogens with two attached hydrogens (primary N) is 1. The van der Waals surface area contributed by atoms with E-state index in [0.717, 1.165) is 14.6 Å². The lowest BCUT2D eigenvalue weighted by Gasteiger charge is -2.21. The van der Waals surface area contributed by atoms with Crippen molar-refractivity contribution >= 4 is 37.5 Å². The minimum atomic E-state index is 0.0775. The van der Waals surface area contributed by atoms with Gasteiger partial charge < -0.3 is 11.1 Å². The molecule has 1 unspecified atom stereocenters. The minimum Gasteiger partial charge on any atom is -0.376 e. The van der Waals surface area contributed by atoms with Gasteiger partial charge in [0.2, 0.25) is 0 Å². The van der Waals surface area contributed by atoms with Crippen molar-refractivity contribution in [1.82, 2.24) is 0 Å². The molecule has 3 N–H and O–H groups in total. The van der Waals surface area contributed by atoms with Crippen LogP contribution in [0.5, 0.6) is 0 Å². The highest BCUT2D eigenvalue weighted by Crippen LogP contribution is 2.30. The van der Waals surface area contributed by atoms with Gasteiger partial charge in [-0.15, -0.1) is 0 Å². The van der Waals surface area contributed by atoms with Crippen molar-refractivity contribution in [1.29, 1.82) is 0 Å². The maximum absolute atomic E-state index is 5.91. The standard InChI is InChI=1S/C15H16Br2N2/c1-10-6-7-13(17)14(8-10)19-15(9-18)11-4-2-3-5-12(11)16/h2-8,15,19H,9,18H2,1H3. The minimum absolute atomic E-state index is 0.0775. The Kier molecular flexibility index (Phi) is 5.02. The molecular formula is C15H16Br2N2. The summed E-state index contributed by atoms with van der Waals surface area (Å²) in [6, 6.07) is 14.5. The smallest absolute Gasteiger partial charge is 0.0647 e. The molecule has 0 heterocycles. The molecule has 0 amide bonds. The average Bonchev–Trinajstić information content (AvgIpc) is 2.41. The van der Waals surface area contributed by atoms with Crippen LogP contribution in [-0.2, 0) is 0 Å². The SMILES string of the molecule is Cc1ccc(Br)c(NC(CN)c2ccccc2Br)c1. The third kappa shape index (κ3) is 3.59. The van der Waals surface area contributed by atoms with Gasteiger partial charge in [-0.2, -0.15) is 0 Å². The van der Waals surface area contributed by atoms with Crippen LogP contribution >= 0.6 is 31.9 Å². The molecule has 0 aromatic heterocycles. The number of hydrogen-bond donors (Lipinski definition) is 2. The Morgan fingerprint density at radius 2 is 1.84 bits per heavy atom. The average molecular weight is 384 g/mol. The van der Waals surface area contributed by atoms with E-state index in [9.17, 15) is 0 Å². The summed E-state index contributed by atoms with van der Waals surface area (Å²) in [5, 5.41) is 3.49. The van der Waals surface area contributed by atoms with Crippen molar-refractivity contribution < 1.29 is 0 Å². The van der Waals surface area contributed by atoms with Gasteiger partial charge in [-0.3, -0.25) is 0 Å². The second-order valence-electron chi connectivity index (χ2n) is 4.44. The summed E-state index contributed by atoms with van der Waals surface area (Å²) in [6.45, 7) is 2.61. The van der Waals surface area contributed by atoms with Crippen LogP contribution in [0, 0.1) is 6.92 Å². The molecule has 100 valence electrons. The van der Waals surface area contributed by atoms with Crippen molar-refractivity contribution in [2.24, 2.45) is 5.73 Å². The summed E-state index contributed by atoms with van der Waals surface area (Å²) in [6.07, 6.45) is 0. The largest absolute Gasteiger partial charge is 0.376 e. The molecule has 0 fully saturated rings. The molecule has 2 aromatic rings. The molecular weight excluding hydrogens is 368 g/mol. The Hall–Kier alpha value is -0.840. The van der Waals surface area contributed by atoms with E-state index in [1.165, 1.54) is 11.1 Å². The van der Waals surface area contributed by atoms with Crippen molar-refractivity contribution in [2.45, 2.75) is 13.0 Å². The summed E-state index contributed by atoms with van der Waals surface area (Å²) in [5.74, 6) is 0. The Morgan fingerprint density at radius 3 is 2.53 bits per heavy atom. The third-order valence-corrected chi connectivity index (χ3v) is 4.38. The Labute approximate surface area is 130 Å². The third-order valence-electron chi connectivity index (χ3n) is 2.97. The lowest BCUT2D eigenvalue weighted by molar-refractivity contribution is 0.785. The molecule has 2 nitrogen and oxygen atoms in total. The highest BCUT2D eigenvalue weighted by molar-refractivity contribution is 9.11. The first-order valence-corrected chi connectivity index (χ1v) is 7.67. The molecule has 0 saturated carbocycles. The van der Waals surface area contributed by atoms with E-state index in [2.05, 4.69) is 62.3 Å². The molecule has 0 spiro atoms. The maximum Gasteiger partial charge on any atom is 0.0647 e. The van der Waals surface area contributed by atoms with Crippen LogP contribution < -0.4 is 11.1 Å². The van der Waals surface area contributed by atoms with Gasteiger partial charge in [0, 0.05) is 21.2 Å². The zero-order valence-corrected chi connectivity index (χ0v) is 13.8. The lowest BCUT2D eigenvalue weighted by Crippen LogP contribution is -2.21. The topological polar surface area (TPSA) is 38.0 Å². The van der Waals surface area contributed by atoms with Gasteiger partial charge in [0.1, 0.15) is 0 Å². The summed E-state index contributed by atoms with van der Waals surface area (Å²) in [5.41, 5.74) is 9.35. The van der Waals surface area contributed by atoms with Crippen molar-refractivity contribution in [2.75, 3.05) is 11.9 Å². The number of aryl methyl sites for hydroxylation is 1. The van der Waals surface area contributed by atoms with E-state index in [4.69, 9.17) is 5.73 Å². The van der Waals surface area contributed by atoms with E-state index in [1.807, 2.05) is 24.3 Å². The van der Waals surface area contributed by atoms with Gasteiger partial charge in [-0.05, 0) is 52.2 Å². The maximum atomic E-state index is 5.91. The molecule has 4 heteroatoms. The first-order valence-electron chi connectivity index (χ1n) is 6.09. The first-order chi connectivity index (χ1) is 9.11. The van der Waals surface area contributed by atoms with Crippen LogP contribution in [-0.4, -0.2) is 6.54 Å². The zero-order chi connectivity index (χ0) is 13.8. The predicted molar refractivity (Wildman–Crippen MR) is 88.4 cm³/mol. The van der Waals surface area contributed by atoms with E-state index in [-0.39, 0.29) is 6.04 Å². The Balaban J connectivity index is 2.29. The number of anilines is 1. The van der Waals surface area contributed by atoms with E-state index in [0.29, 0.717) is 6.54 Å². The van der Waals surface area contributed by atoms with Crippen molar-refractivity contribution in [3.05, 3.63) is 62.5 Å². The van der Waals surface area contributed by atoms with Crippen LogP contribution in [0.15, 0.2) is 51.4 Å². The fourth-order valence-electron chi connectivity index (χ4n) is 1.96. The van der Waals surface area contributed by atoms with Gasteiger partial charge in [-0.25, -0.2) is 0 Å². The number of benzene rings is 2. The highest BCUT2D eigenvalue weighted by atomic mass is 79.9. The number of halogens is 2. The molecule has 0 aliphatic rings. The normalized spacial score (nSPS) is 12.2. The summed E-state index contributed by atoms with van der Waals surface area (Å²) < 4.78 is 2.12. The molecule has 0 aliphatic carbocycles. The zero-order valence-electron chi connectivity index (χ0n) is 10.7. The van der Waals surface area contributed by atoms with Gasteiger partial charge >= 0.3 is 0 Å². The molecule has 0 radical (unpaired) electrons. The van der Waals surface area contributed by atoms with Gasteiger partial charge in [0.25, 0.3) is 0 Å². The van der Waals surface area contributed by atoms with E-state index < -0.39 is 0 Å². The van der Waals surface area contributed by atoms with Gasteiger partial charge in [0.15, 0.2) is 0 Å². The number of rotatable bonds is 4. The number of hydrogen-bond acceptors (Lipinski definition) is 2. The molecule has 0 aliphatic heterocycles. The summed E-state index contributed by atoms with van der Waals surface area (Å²) in [4.78, 5) is 0. The molecule has 2 aromatic carbocycles. The fourth-order valence-corrected chi connectivity index (χ4v) is 2.88. The van der Waals surface area contributed by atoms with Crippen molar-refractivity contribution in [3.8, 4) is 0 Å². The molecule has 2 rings (SSSR count). The summed E-state index contributed by atoms with van der Waals surface area (Å²) >= 11 is 7.14. The second-order valence-corrected chi connectivity index (χ2v) is 6.15. The molecule has 19 heavy (non-hydrogen) atoms. The summed E-state index contributed by atoms with van der Waals surface area (Å²) in [7, 11) is 0. The Bertz CT molecular complexity index is 570. The van der Waals surface area contributed by atoms with Crippen LogP contribution in [0.4, 0.5) is 5.69 Å². The van der Waals surface area contributed by atoms with Crippen molar-refractivity contribution in [3.63, 3.8) is 0 Å². The van der Waals surface area contributed by atoms with Gasteiger partial charge in [0.05, 0.1) is 6.04 Å². The van der Waals surface area contributed by atoms with Gasteiger partial charge in [-0.1, -0.05) is 40.2 Å². The van der Waals surface area contributed by atoms with E-state index >= 15 is 0 Å². The second kappa shape index (κ2) is 6.55. The highest BCUT2D eigenvalue weighted by Gasteiger charge is 2.13. The quantitative estimate of drug-likeness (QED) is 0.807. The lowest BCUT2D eigenvalue weighted by atomic mass is 10.1. The first kappa shape index (κ1) is 14.6. The molecule has 1 atom stereocenters. The Morgan fingerprint density at radius 1 is 1.11 bits per heavy atom. The van der Waals surface area contributed by atoms with E-state index in [1.54, 1.807) is 0 Å². The van der Waals surface area contributed by atoms with Crippen LogP contribution in [0.2, 0.25) is 0 Å². The van der Waals surface area contributed by atoms with Crippen LogP contribution in [0.1, 0.15) is 17.2 Å². The monoisotopic (exact) mass is 382 g/mol. The molecule has 0 saturated heterocycles. The van der Waals surface area contributed by atoms with Crippen LogP contribution in [0.25, 0.3) is 0 Å². The van der Waals surface area contributed by atoms with Crippen LogP contribution in [0.3, 0.4) is 0 Å². The predicted octanol–water partition coefficient (Wildman–Crippen LogP) is 4.63. The fraction of sp³-hybridized carbons (Fsp3) is 0.200. The molecule has 0 bridgehead atoms.